The predicted octanol–water partition coefficient (Wildman–Crippen LogP) is 5.62. The lowest BCUT2D eigenvalue weighted by atomic mass is 9.64. The molecule has 2 unspecified atom stereocenters. The minimum absolute atomic E-state index is 0.0345. The molecule has 2 aromatic rings. The highest BCUT2D eigenvalue weighted by atomic mass is 35.5. The number of anilines is 1. The number of benzene rings is 2. The van der Waals surface area contributed by atoms with E-state index in [2.05, 4.69) is 10.5 Å². The van der Waals surface area contributed by atoms with E-state index < -0.39 is 27.1 Å². The molecule has 2 aromatic carbocycles. The highest BCUT2D eigenvalue weighted by Crippen LogP contribution is 2.71. The summed E-state index contributed by atoms with van der Waals surface area (Å²) < 4.78 is 0. The van der Waals surface area contributed by atoms with E-state index in [-0.39, 0.29) is 17.2 Å². The summed E-state index contributed by atoms with van der Waals surface area (Å²) >= 11 is 6.24. The van der Waals surface area contributed by atoms with Crippen LogP contribution in [0.4, 0.5) is 11.4 Å². The van der Waals surface area contributed by atoms with E-state index in [1.807, 2.05) is 20.8 Å². The summed E-state index contributed by atoms with van der Waals surface area (Å²) in [6.45, 7) is 6.11. The number of hydrogen-bond donors (Lipinski definition) is 1. The Morgan fingerprint density at radius 2 is 1.85 bits per heavy atom. The zero-order valence-corrected chi connectivity index (χ0v) is 19.3. The molecule has 9 heteroatoms. The van der Waals surface area contributed by atoms with Crippen LogP contribution in [0.5, 0.6) is 0 Å². The molecule has 0 saturated heterocycles. The van der Waals surface area contributed by atoms with Gasteiger partial charge in [0.05, 0.1) is 32.3 Å². The van der Waals surface area contributed by atoms with Gasteiger partial charge < -0.3 is 10.2 Å². The van der Waals surface area contributed by atoms with Gasteiger partial charge in [-0.2, -0.15) is 0 Å². The summed E-state index contributed by atoms with van der Waals surface area (Å²) in [6.07, 6.45) is 1.72. The summed E-state index contributed by atoms with van der Waals surface area (Å²) in [5.74, 6) is -0.926. The second-order valence-electron chi connectivity index (χ2n) is 9.37. The molecule has 2 fully saturated rings. The Morgan fingerprint density at radius 3 is 2.55 bits per heavy atom. The number of carbonyl (C=O) groups is 2. The van der Waals surface area contributed by atoms with E-state index in [0.717, 1.165) is 6.07 Å². The Morgan fingerprint density at radius 1 is 1.12 bits per heavy atom. The first kappa shape index (κ1) is 22.9. The van der Waals surface area contributed by atoms with Crippen molar-refractivity contribution >= 4 is 40.6 Å². The first-order valence-electron chi connectivity index (χ1n) is 10.6. The van der Waals surface area contributed by atoms with Crippen molar-refractivity contribution in [2.24, 2.45) is 21.4 Å². The molecule has 0 radical (unpaired) electrons. The van der Waals surface area contributed by atoms with Crippen LogP contribution in [-0.4, -0.2) is 22.5 Å². The molecule has 0 aliphatic heterocycles. The molecule has 2 saturated carbocycles. The van der Waals surface area contributed by atoms with Gasteiger partial charge in [0.2, 0.25) is 5.91 Å². The van der Waals surface area contributed by atoms with Crippen LogP contribution in [0.15, 0.2) is 53.7 Å². The third kappa shape index (κ3) is 3.49. The zero-order valence-electron chi connectivity index (χ0n) is 18.6. The van der Waals surface area contributed by atoms with E-state index in [4.69, 9.17) is 16.4 Å². The average Bonchev–Trinajstić information content (AvgIpc) is 3.09. The molecule has 33 heavy (non-hydrogen) atoms. The average molecular weight is 470 g/mol. The van der Waals surface area contributed by atoms with Gasteiger partial charge in [0.15, 0.2) is 0 Å². The third-order valence-corrected chi connectivity index (χ3v) is 8.15. The van der Waals surface area contributed by atoms with Crippen LogP contribution in [0.1, 0.15) is 50.4 Å². The van der Waals surface area contributed by atoms with Gasteiger partial charge in [-0.1, -0.05) is 55.7 Å². The highest BCUT2D eigenvalue weighted by molar-refractivity contribution is 6.33. The van der Waals surface area contributed by atoms with Crippen molar-refractivity contribution < 1.29 is 19.3 Å². The molecule has 2 aliphatic rings. The molecule has 2 aliphatic carbocycles. The lowest BCUT2D eigenvalue weighted by Gasteiger charge is -2.39. The van der Waals surface area contributed by atoms with Gasteiger partial charge in [0.25, 0.3) is 5.69 Å². The van der Waals surface area contributed by atoms with E-state index >= 15 is 0 Å². The SMILES string of the molecule is CC12CCC(C(=O)Nc3ccccc3Cl)(C/C1=N\OC(=O)c1cccc([N+](=O)[O-])c1)C2(C)C. The Labute approximate surface area is 196 Å². The number of nitrogens with one attached hydrogen (secondary N) is 1. The van der Waals surface area contributed by atoms with Crippen LogP contribution in [-0.2, 0) is 9.63 Å². The van der Waals surface area contributed by atoms with Crippen LogP contribution < -0.4 is 5.32 Å². The number of non-ortho nitro benzene ring substituents is 1. The van der Waals surface area contributed by atoms with Gasteiger partial charge in [-0.05, 0) is 36.5 Å². The molecule has 172 valence electrons. The summed E-state index contributed by atoms with van der Waals surface area (Å²) in [7, 11) is 0. The van der Waals surface area contributed by atoms with Gasteiger partial charge >= 0.3 is 5.97 Å². The molecule has 2 bridgehead atoms. The molecule has 8 nitrogen and oxygen atoms in total. The Hall–Kier alpha value is -3.26. The number of nitrogens with zero attached hydrogens (tertiary/aromatic N) is 2. The molecule has 4 rings (SSSR count). The maximum Gasteiger partial charge on any atom is 0.365 e. The monoisotopic (exact) mass is 469 g/mol. The standard InChI is InChI=1S/C24H24ClN3O5/c1-22(2)23(3)11-12-24(22,21(30)26-18-10-5-4-9-17(18)25)14-19(23)27-33-20(29)15-7-6-8-16(13-15)28(31)32/h4-10,13H,11-12,14H2,1-3H3,(H,26,30)/b27-19+. The van der Waals surface area contributed by atoms with Gasteiger partial charge in [-0.15, -0.1) is 0 Å². The normalized spacial score (nSPS) is 26.2. The van der Waals surface area contributed by atoms with Crippen molar-refractivity contribution in [3.63, 3.8) is 0 Å². The molecule has 0 heterocycles. The first-order chi connectivity index (χ1) is 15.5. The summed E-state index contributed by atoms with van der Waals surface area (Å²) in [5.41, 5.74) is -0.641. The largest absolute Gasteiger partial charge is 0.365 e. The van der Waals surface area contributed by atoms with Gasteiger partial charge in [0, 0.05) is 24.0 Å². The van der Waals surface area contributed by atoms with Crippen molar-refractivity contribution in [1.29, 1.82) is 0 Å². The quantitative estimate of drug-likeness (QED) is 0.347. The Bertz CT molecular complexity index is 1190. The van der Waals surface area contributed by atoms with Gasteiger partial charge in [-0.25, -0.2) is 4.79 Å². The number of amides is 1. The second-order valence-corrected chi connectivity index (χ2v) is 9.78. The number of fused-ring (bicyclic) bond motifs is 2. The number of para-hydroxylation sites is 1. The number of nitro benzene ring substituents is 1. The first-order valence-corrected chi connectivity index (χ1v) is 11.0. The fourth-order valence-corrected chi connectivity index (χ4v) is 5.41. The van der Waals surface area contributed by atoms with Crippen molar-refractivity contribution in [2.45, 2.75) is 40.0 Å². The number of nitro groups is 1. The summed E-state index contributed by atoms with van der Waals surface area (Å²) in [4.78, 5) is 41.6. The number of carbonyl (C=O) groups excluding carboxylic acids is 2. The molecular weight excluding hydrogens is 446 g/mol. The summed E-state index contributed by atoms with van der Waals surface area (Å²) in [5, 5.41) is 18.6. The van der Waals surface area contributed by atoms with E-state index in [1.54, 1.807) is 24.3 Å². The topological polar surface area (TPSA) is 111 Å². The van der Waals surface area contributed by atoms with Crippen LogP contribution >= 0.6 is 11.6 Å². The molecular formula is C24H24ClN3O5. The van der Waals surface area contributed by atoms with Crippen LogP contribution in [0.25, 0.3) is 0 Å². The fourth-order valence-electron chi connectivity index (χ4n) is 5.22. The molecule has 2 atom stereocenters. The highest BCUT2D eigenvalue weighted by Gasteiger charge is 2.71. The van der Waals surface area contributed by atoms with Crippen molar-refractivity contribution in [3.8, 4) is 0 Å². The number of halogens is 1. The number of hydrogen-bond acceptors (Lipinski definition) is 6. The Balaban J connectivity index is 1.59. The van der Waals surface area contributed by atoms with Crippen molar-refractivity contribution in [3.05, 3.63) is 69.2 Å². The zero-order chi connectivity index (χ0) is 24.0. The maximum atomic E-state index is 13.5. The maximum absolute atomic E-state index is 13.5. The predicted molar refractivity (Wildman–Crippen MR) is 124 cm³/mol. The third-order valence-electron chi connectivity index (χ3n) is 7.82. The smallest absolute Gasteiger partial charge is 0.324 e. The van der Waals surface area contributed by atoms with Gasteiger partial charge in [-0.3, -0.25) is 14.9 Å². The lowest BCUT2D eigenvalue weighted by Crippen LogP contribution is -2.43. The van der Waals surface area contributed by atoms with Crippen molar-refractivity contribution in [1.82, 2.24) is 0 Å². The van der Waals surface area contributed by atoms with Crippen LogP contribution in [0.3, 0.4) is 0 Å². The van der Waals surface area contributed by atoms with E-state index in [0.29, 0.717) is 35.7 Å². The Kier molecular flexibility index (Phi) is 5.52. The second kappa shape index (κ2) is 7.95. The van der Waals surface area contributed by atoms with Crippen LogP contribution in [0.2, 0.25) is 5.02 Å². The molecule has 0 spiro atoms. The summed E-state index contributed by atoms with van der Waals surface area (Å²) in [6, 6.07) is 12.4. The van der Waals surface area contributed by atoms with E-state index in [1.165, 1.54) is 18.2 Å². The van der Waals surface area contributed by atoms with E-state index in [9.17, 15) is 19.7 Å². The minimum Gasteiger partial charge on any atom is -0.324 e. The molecule has 0 aromatic heterocycles. The van der Waals surface area contributed by atoms with Gasteiger partial charge in [0.1, 0.15) is 0 Å². The minimum atomic E-state index is -0.787. The van der Waals surface area contributed by atoms with Crippen molar-refractivity contribution in [2.75, 3.05) is 5.32 Å². The lowest BCUT2D eigenvalue weighted by molar-refractivity contribution is -0.384. The fraction of sp³-hybridized carbons (Fsp3) is 0.375. The van der Waals surface area contributed by atoms with Crippen LogP contribution in [0, 0.1) is 26.4 Å². The molecule has 1 N–H and O–H groups in total. The molecule has 1 amide bonds. The number of oxime groups is 1. The number of rotatable bonds is 5.